The van der Waals surface area contributed by atoms with Crippen LogP contribution in [0.1, 0.15) is 30.6 Å². The number of hydrogen-bond donors (Lipinski definition) is 1. The normalized spacial score (nSPS) is 18.5. The average Bonchev–Trinajstić information content (AvgIpc) is 2.97. The third-order valence-corrected chi connectivity index (χ3v) is 4.34. The molecule has 0 bridgehead atoms. The third kappa shape index (κ3) is 2.51. The van der Waals surface area contributed by atoms with Crippen LogP contribution in [0.25, 0.3) is 0 Å². The van der Waals surface area contributed by atoms with Gasteiger partial charge in [0.25, 0.3) is 0 Å². The first-order valence-corrected chi connectivity index (χ1v) is 7.48. The van der Waals surface area contributed by atoms with Gasteiger partial charge in [0, 0.05) is 37.1 Å². The number of fused-ring (bicyclic) bond motifs is 1. The van der Waals surface area contributed by atoms with E-state index in [2.05, 4.69) is 34.7 Å². The maximum Gasteiger partial charge on any atom is 0.162 e. The number of phenols is 1. The Labute approximate surface area is 125 Å². The van der Waals surface area contributed by atoms with Gasteiger partial charge in [-0.15, -0.1) is 0 Å². The van der Waals surface area contributed by atoms with Crippen molar-refractivity contribution in [2.45, 2.75) is 32.5 Å². The minimum absolute atomic E-state index is 0.260. The number of hydrogen-bond acceptors (Lipinski definition) is 3. The van der Waals surface area contributed by atoms with Gasteiger partial charge >= 0.3 is 0 Å². The highest BCUT2D eigenvalue weighted by Crippen LogP contribution is 2.34. The Kier molecular flexibility index (Phi) is 3.88. The molecule has 3 rings (SSSR count). The fourth-order valence-electron chi connectivity index (χ4n) is 3.25. The van der Waals surface area contributed by atoms with Crippen molar-refractivity contribution in [1.82, 2.24) is 9.47 Å². The monoisotopic (exact) mass is 286 g/mol. The van der Waals surface area contributed by atoms with E-state index in [-0.39, 0.29) is 5.75 Å². The lowest BCUT2D eigenvalue weighted by Crippen LogP contribution is -2.37. The maximum absolute atomic E-state index is 10.3. The molecule has 0 fully saturated rings. The first kappa shape index (κ1) is 14.0. The molecule has 1 N–H and O–H groups in total. The second-order valence-corrected chi connectivity index (χ2v) is 5.49. The third-order valence-electron chi connectivity index (χ3n) is 4.34. The summed E-state index contributed by atoms with van der Waals surface area (Å²) in [6, 6.07) is 10.4. The number of phenolic OH excluding ortho intramolecular Hbond substituents is 1. The van der Waals surface area contributed by atoms with E-state index < -0.39 is 0 Å². The molecule has 0 radical (unpaired) electrons. The van der Waals surface area contributed by atoms with E-state index in [0.717, 1.165) is 31.6 Å². The Morgan fingerprint density at radius 3 is 2.86 bits per heavy atom. The molecule has 1 aliphatic heterocycles. The lowest BCUT2D eigenvalue weighted by molar-refractivity contribution is 0.142. The van der Waals surface area contributed by atoms with Crippen molar-refractivity contribution in [2.24, 2.45) is 0 Å². The van der Waals surface area contributed by atoms with E-state index in [0.29, 0.717) is 11.8 Å². The highest BCUT2D eigenvalue weighted by atomic mass is 16.5. The molecule has 112 valence electrons. The number of aromatic nitrogens is 1. The molecule has 0 amide bonds. The van der Waals surface area contributed by atoms with Crippen LogP contribution in [-0.2, 0) is 13.1 Å². The van der Waals surface area contributed by atoms with Gasteiger partial charge in [-0.05, 0) is 24.6 Å². The van der Waals surface area contributed by atoms with Crippen LogP contribution >= 0.6 is 0 Å². The lowest BCUT2D eigenvalue weighted by atomic mass is 10.0. The molecule has 1 aromatic carbocycles. The van der Waals surface area contributed by atoms with Crippen LogP contribution in [-0.4, -0.2) is 28.2 Å². The Balaban J connectivity index is 1.85. The fraction of sp³-hybridized carbons (Fsp3) is 0.412. The summed E-state index contributed by atoms with van der Waals surface area (Å²) < 4.78 is 7.53. The van der Waals surface area contributed by atoms with Crippen molar-refractivity contribution < 1.29 is 9.84 Å². The topological polar surface area (TPSA) is 37.6 Å². The molecule has 0 saturated carbocycles. The van der Waals surface area contributed by atoms with Crippen molar-refractivity contribution in [3.63, 3.8) is 0 Å². The van der Waals surface area contributed by atoms with E-state index in [1.807, 2.05) is 12.1 Å². The molecule has 2 aromatic rings. The Morgan fingerprint density at radius 2 is 2.10 bits per heavy atom. The number of ether oxygens (including phenoxy) is 1. The molecule has 0 saturated heterocycles. The summed E-state index contributed by atoms with van der Waals surface area (Å²) in [4.78, 5) is 2.43. The summed E-state index contributed by atoms with van der Waals surface area (Å²) in [5.41, 5.74) is 2.29. The van der Waals surface area contributed by atoms with E-state index in [9.17, 15) is 5.11 Å². The number of aromatic hydroxyl groups is 1. The predicted octanol–water partition coefficient (Wildman–Crippen LogP) is 3.17. The van der Waals surface area contributed by atoms with Crippen LogP contribution in [0.15, 0.2) is 36.5 Å². The summed E-state index contributed by atoms with van der Waals surface area (Å²) in [6.45, 7) is 4.96. The van der Waals surface area contributed by atoms with Gasteiger partial charge in [-0.25, -0.2) is 0 Å². The highest BCUT2D eigenvalue weighted by Gasteiger charge is 2.26. The SMILES string of the molecule is CCC1c2cccn2CCN1Cc1cccc(OC)c1O. The largest absolute Gasteiger partial charge is 0.504 e. The summed E-state index contributed by atoms with van der Waals surface area (Å²) in [5, 5.41) is 10.3. The van der Waals surface area contributed by atoms with Gasteiger partial charge in [0.1, 0.15) is 0 Å². The number of rotatable bonds is 4. The number of nitrogens with zero attached hydrogens (tertiary/aromatic N) is 2. The molecule has 1 aromatic heterocycles. The van der Waals surface area contributed by atoms with Gasteiger partial charge in [-0.1, -0.05) is 19.1 Å². The predicted molar refractivity (Wildman–Crippen MR) is 82.5 cm³/mol. The zero-order valence-corrected chi connectivity index (χ0v) is 12.6. The maximum atomic E-state index is 10.3. The van der Waals surface area contributed by atoms with Crippen LogP contribution in [0, 0.1) is 0 Å². The van der Waals surface area contributed by atoms with Crippen LogP contribution < -0.4 is 4.74 Å². The van der Waals surface area contributed by atoms with Crippen molar-refractivity contribution in [1.29, 1.82) is 0 Å². The first-order valence-electron chi connectivity index (χ1n) is 7.48. The van der Waals surface area contributed by atoms with E-state index in [1.54, 1.807) is 13.2 Å². The Bertz CT molecular complexity index is 621. The molecule has 0 aliphatic carbocycles. The fourth-order valence-corrected chi connectivity index (χ4v) is 3.25. The van der Waals surface area contributed by atoms with Crippen LogP contribution in [0.4, 0.5) is 0 Å². The summed E-state index contributed by atoms with van der Waals surface area (Å²) in [5.74, 6) is 0.803. The number of methoxy groups -OCH3 is 1. The molecule has 1 unspecified atom stereocenters. The van der Waals surface area contributed by atoms with Crippen molar-refractivity contribution in [3.8, 4) is 11.5 Å². The van der Waals surface area contributed by atoms with Crippen LogP contribution in [0.3, 0.4) is 0 Å². The Morgan fingerprint density at radius 1 is 1.24 bits per heavy atom. The minimum atomic E-state index is 0.260. The molecule has 21 heavy (non-hydrogen) atoms. The number of para-hydroxylation sites is 1. The zero-order valence-electron chi connectivity index (χ0n) is 12.6. The molecule has 4 heteroatoms. The standard InChI is InChI=1S/C17H22N2O2/c1-3-14-15-7-5-9-18(15)10-11-19(14)12-13-6-4-8-16(21-2)17(13)20/h4-9,14,20H,3,10-12H2,1-2H3. The Hall–Kier alpha value is -1.94. The van der Waals surface area contributed by atoms with Gasteiger partial charge in [0.15, 0.2) is 11.5 Å². The molecule has 1 atom stereocenters. The van der Waals surface area contributed by atoms with Crippen molar-refractivity contribution >= 4 is 0 Å². The molecule has 1 aliphatic rings. The zero-order chi connectivity index (χ0) is 14.8. The highest BCUT2D eigenvalue weighted by molar-refractivity contribution is 5.45. The molecular weight excluding hydrogens is 264 g/mol. The first-order chi connectivity index (χ1) is 10.2. The number of benzene rings is 1. The smallest absolute Gasteiger partial charge is 0.162 e. The van der Waals surface area contributed by atoms with Crippen molar-refractivity contribution in [2.75, 3.05) is 13.7 Å². The van der Waals surface area contributed by atoms with Crippen molar-refractivity contribution in [3.05, 3.63) is 47.8 Å². The molecule has 4 nitrogen and oxygen atoms in total. The summed E-state index contributed by atoms with van der Waals surface area (Å²) in [7, 11) is 1.58. The van der Waals surface area contributed by atoms with Crippen LogP contribution in [0.5, 0.6) is 11.5 Å². The summed E-state index contributed by atoms with van der Waals surface area (Å²) in [6.07, 6.45) is 3.22. The van der Waals surface area contributed by atoms with E-state index in [4.69, 9.17) is 4.74 Å². The summed E-state index contributed by atoms with van der Waals surface area (Å²) >= 11 is 0. The van der Waals surface area contributed by atoms with Gasteiger partial charge in [0.2, 0.25) is 0 Å². The second kappa shape index (κ2) is 5.82. The van der Waals surface area contributed by atoms with Crippen LogP contribution in [0.2, 0.25) is 0 Å². The van der Waals surface area contributed by atoms with Gasteiger partial charge in [-0.2, -0.15) is 0 Å². The average molecular weight is 286 g/mol. The second-order valence-electron chi connectivity index (χ2n) is 5.49. The van der Waals surface area contributed by atoms with Gasteiger partial charge in [-0.3, -0.25) is 4.90 Å². The lowest BCUT2D eigenvalue weighted by Gasteiger charge is -2.36. The molecular formula is C17H22N2O2. The molecule has 0 spiro atoms. The molecule has 2 heterocycles. The minimum Gasteiger partial charge on any atom is -0.504 e. The van der Waals surface area contributed by atoms with Gasteiger partial charge < -0.3 is 14.4 Å². The van der Waals surface area contributed by atoms with E-state index in [1.165, 1.54) is 5.69 Å². The van der Waals surface area contributed by atoms with Gasteiger partial charge in [0.05, 0.1) is 13.2 Å². The van der Waals surface area contributed by atoms with E-state index >= 15 is 0 Å². The quantitative estimate of drug-likeness (QED) is 0.938.